The molecule has 1 fully saturated rings. The van der Waals surface area contributed by atoms with E-state index in [4.69, 9.17) is 4.74 Å². The van der Waals surface area contributed by atoms with Crippen LogP contribution in [0.25, 0.3) is 0 Å². The van der Waals surface area contributed by atoms with Crippen LogP contribution in [0.5, 0.6) is 0 Å². The Kier molecular flexibility index (Phi) is 16.4. The van der Waals surface area contributed by atoms with Crippen molar-refractivity contribution in [2.45, 2.75) is 124 Å². The summed E-state index contributed by atoms with van der Waals surface area (Å²) in [6.07, 6.45) is 3.96. The SMILES string of the molecule is CC[C@H](C)[C@H](CC(=O)[C@H]1CCCCN1C)C(=O)N(C)C(C[C@@H](OC(C)=O)c1nc(C(=O)N[C@@H](Cc2ccc(C)cc2)C[C@H](C)C(=O)O)cs1)C(C)C. The van der Waals surface area contributed by atoms with Crippen LogP contribution in [0, 0.1) is 30.6 Å². The molecular formula is C40H60N4O7S. The molecule has 2 amide bonds. The van der Waals surface area contributed by atoms with Gasteiger partial charge in [-0.25, -0.2) is 4.98 Å². The minimum atomic E-state index is -0.939. The zero-order valence-electron chi connectivity index (χ0n) is 32.5. The molecule has 2 N–H and O–H groups in total. The number of aromatic nitrogens is 1. The fraction of sp³-hybridized carbons (Fsp3) is 0.650. The Morgan fingerprint density at radius 1 is 1.08 bits per heavy atom. The molecule has 0 aliphatic carbocycles. The summed E-state index contributed by atoms with van der Waals surface area (Å²) in [5, 5.41) is 14.6. The highest BCUT2D eigenvalue weighted by Crippen LogP contribution is 2.33. The van der Waals surface area contributed by atoms with Crippen molar-refractivity contribution >= 4 is 40.9 Å². The van der Waals surface area contributed by atoms with Gasteiger partial charge in [-0.2, -0.15) is 0 Å². The van der Waals surface area contributed by atoms with Crippen LogP contribution in [0.3, 0.4) is 0 Å². The number of ketones is 1. The summed E-state index contributed by atoms with van der Waals surface area (Å²) < 4.78 is 5.79. The Bertz CT molecular complexity index is 1510. The molecule has 1 aromatic heterocycles. The van der Waals surface area contributed by atoms with Gasteiger partial charge in [0.1, 0.15) is 10.7 Å². The Morgan fingerprint density at radius 3 is 2.33 bits per heavy atom. The van der Waals surface area contributed by atoms with E-state index >= 15 is 0 Å². The van der Waals surface area contributed by atoms with Crippen molar-refractivity contribution in [3.8, 4) is 0 Å². The number of ether oxygens (including phenoxy) is 1. The van der Waals surface area contributed by atoms with Crippen LogP contribution < -0.4 is 5.32 Å². The van der Waals surface area contributed by atoms with E-state index < -0.39 is 41.8 Å². The average molecular weight is 741 g/mol. The molecule has 3 rings (SSSR count). The average Bonchev–Trinajstić information content (AvgIpc) is 3.59. The molecule has 12 heteroatoms. The molecule has 11 nitrogen and oxygen atoms in total. The van der Waals surface area contributed by atoms with E-state index in [9.17, 15) is 29.1 Å². The third kappa shape index (κ3) is 12.2. The maximum atomic E-state index is 14.2. The number of likely N-dealkylation sites (N-methyl/N-ethyl adjacent to an activating group) is 1. The third-order valence-electron chi connectivity index (χ3n) is 10.6. The van der Waals surface area contributed by atoms with Gasteiger partial charge in [0.05, 0.1) is 12.0 Å². The summed E-state index contributed by atoms with van der Waals surface area (Å²) >= 11 is 1.20. The van der Waals surface area contributed by atoms with Gasteiger partial charge >= 0.3 is 11.9 Å². The maximum Gasteiger partial charge on any atom is 0.306 e. The first-order chi connectivity index (χ1) is 24.5. The maximum absolute atomic E-state index is 14.2. The van der Waals surface area contributed by atoms with E-state index in [-0.39, 0.29) is 60.6 Å². The van der Waals surface area contributed by atoms with Crippen molar-refractivity contribution < 1.29 is 33.8 Å². The van der Waals surface area contributed by atoms with Gasteiger partial charge in [-0.3, -0.25) is 28.9 Å². The fourth-order valence-corrected chi connectivity index (χ4v) is 7.94. The molecule has 1 saturated heterocycles. The minimum Gasteiger partial charge on any atom is -0.481 e. The van der Waals surface area contributed by atoms with E-state index in [2.05, 4.69) is 15.2 Å². The number of aryl methyl sites for hydroxylation is 1. The van der Waals surface area contributed by atoms with Gasteiger partial charge in [-0.15, -0.1) is 11.3 Å². The lowest BCUT2D eigenvalue weighted by Gasteiger charge is -2.37. The van der Waals surface area contributed by atoms with Crippen molar-refractivity contribution in [2.24, 2.45) is 23.7 Å². The predicted molar refractivity (Wildman–Crippen MR) is 203 cm³/mol. The highest BCUT2D eigenvalue weighted by Gasteiger charge is 2.37. The molecule has 52 heavy (non-hydrogen) atoms. The van der Waals surface area contributed by atoms with Crippen LogP contribution >= 0.6 is 11.3 Å². The first-order valence-corrected chi connectivity index (χ1v) is 19.6. The number of carboxylic acids is 1. The van der Waals surface area contributed by atoms with Crippen LogP contribution in [-0.2, 0) is 30.3 Å². The zero-order chi connectivity index (χ0) is 38.7. The predicted octanol–water partition coefficient (Wildman–Crippen LogP) is 6.49. The summed E-state index contributed by atoms with van der Waals surface area (Å²) in [5.41, 5.74) is 2.22. The second-order valence-electron chi connectivity index (χ2n) is 15.2. The van der Waals surface area contributed by atoms with Crippen molar-refractivity contribution in [1.29, 1.82) is 0 Å². The van der Waals surface area contributed by atoms with Crippen LogP contribution in [0.2, 0.25) is 0 Å². The quantitative estimate of drug-likeness (QED) is 0.155. The van der Waals surface area contributed by atoms with Gasteiger partial charge in [0.2, 0.25) is 5.91 Å². The van der Waals surface area contributed by atoms with Crippen LogP contribution in [0.15, 0.2) is 29.6 Å². The number of carboxylic acid groups (broad SMARTS) is 1. The Morgan fingerprint density at radius 2 is 1.75 bits per heavy atom. The largest absolute Gasteiger partial charge is 0.481 e. The van der Waals surface area contributed by atoms with Crippen molar-refractivity contribution in [1.82, 2.24) is 20.1 Å². The number of amides is 2. The first kappa shape index (κ1) is 42.8. The number of nitrogens with one attached hydrogen (secondary N) is 1. The smallest absolute Gasteiger partial charge is 0.306 e. The number of carbonyl (C=O) groups is 5. The van der Waals surface area contributed by atoms with E-state index in [1.165, 1.54) is 18.3 Å². The number of benzene rings is 1. The Balaban J connectivity index is 1.81. The second kappa shape index (κ2) is 20.0. The van der Waals surface area contributed by atoms with E-state index in [0.717, 1.165) is 43.4 Å². The number of nitrogens with zero attached hydrogens (tertiary/aromatic N) is 3. The number of hydrogen-bond donors (Lipinski definition) is 2. The molecule has 0 radical (unpaired) electrons. The lowest BCUT2D eigenvalue weighted by molar-refractivity contribution is -0.149. The van der Waals surface area contributed by atoms with Gasteiger partial charge in [-0.05, 0) is 63.6 Å². The fourth-order valence-electron chi connectivity index (χ4n) is 7.10. The number of hydrogen-bond acceptors (Lipinski definition) is 9. The highest BCUT2D eigenvalue weighted by molar-refractivity contribution is 7.09. The number of esters is 1. The summed E-state index contributed by atoms with van der Waals surface area (Å²) in [5.74, 6) is -3.06. The standard InChI is InChI=1S/C40H60N4O7S/c1-10-26(5)31(21-35(46)33-13-11-12-18-43(33)8)39(48)44(9)34(24(2)3)22-36(51-28(7)45)38-42-32(23-52-38)37(47)41-30(19-27(6)40(49)50)20-29-16-14-25(4)15-17-29/h14-17,23-24,26-27,30-31,33-34,36H,10-13,18-22H2,1-9H3,(H,41,47)(H,49,50)/t26-,27-,30+,31-,33+,34?,36+/m0/s1. The number of Topliss-reactive ketones (excluding diaryl/α,β-unsaturated/α-hetero) is 1. The van der Waals surface area contributed by atoms with E-state index in [1.54, 1.807) is 24.3 Å². The van der Waals surface area contributed by atoms with Crippen LogP contribution in [-0.4, -0.2) is 88.2 Å². The summed E-state index contributed by atoms with van der Waals surface area (Å²) in [6, 6.07) is 6.92. The minimum absolute atomic E-state index is 0.00164. The molecule has 1 aromatic carbocycles. The number of aliphatic carboxylic acids is 1. The summed E-state index contributed by atoms with van der Waals surface area (Å²) in [6.45, 7) is 13.9. The molecule has 1 aliphatic rings. The number of carbonyl (C=O) groups excluding carboxylic acids is 4. The van der Waals surface area contributed by atoms with Crippen molar-refractivity contribution in [3.63, 3.8) is 0 Å². The molecule has 2 aromatic rings. The van der Waals surface area contributed by atoms with E-state index in [1.807, 2.05) is 65.9 Å². The molecule has 0 bridgehead atoms. The van der Waals surface area contributed by atoms with Gasteiger partial charge in [0.25, 0.3) is 5.91 Å². The topological polar surface area (TPSA) is 146 Å². The van der Waals surface area contributed by atoms with Gasteiger partial charge < -0.3 is 20.1 Å². The molecular weight excluding hydrogens is 681 g/mol. The van der Waals surface area contributed by atoms with E-state index in [0.29, 0.717) is 11.4 Å². The number of rotatable bonds is 19. The monoisotopic (exact) mass is 740 g/mol. The third-order valence-corrected chi connectivity index (χ3v) is 11.6. The van der Waals surface area contributed by atoms with Gasteiger partial charge in [0, 0.05) is 50.2 Å². The molecule has 1 aliphatic heterocycles. The normalized spacial score (nSPS) is 18.5. The highest BCUT2D eigenvalue weighted by atomic mass is 32.1. The Labute approximate surface area is 313 Å². The molecule has 1 unspecified atom stereocenters. The first-order valence-electron chi connectivity index (χ1n) is 18.7. The number of piperidine rings is 1. The number of likely N-dealkylation sites (tertiary alicyclic amines) is 1. The van der Waals surface area contributed by atoms with Crippen molar-refractivity contribution in [3.05, 3.63) is 51.5 Å². The van der Waals surface area contributed by atoms with Crippen LogP contribution in [0.1, 0.15) is 119 Å². The summed E-state index contributed by atoms with van der Waals surface area (Å²) in [7, 11) is 3.74. The molecule has 288 valence electrons. The lowest BCUT2D eigenvalue weighted by atomic mass is 9.83. The van der Waals surface area contributed by atoms with Crippen LogP contribution in [0.4, 0.5) is 0 Å². The zero-order valence-corrected chi connectivity index (χ0v) is 33.3. The lowest BCUT2D eigenvalue weighted by Crippen LogP contribution is -2.48. The van der Waals surface area contributed by atoms with Gasteiger partial charge in [-0.1, -0.05) is 77.3 Å². The molecule has 0 spiro atoms. The molecule has 0 saturated carbocycles. The van der Waals surface area contributed by atoms with Crippen molar-refractivity contribution in [2.75, 3.05) is 20.6 Å². The Hall–Kier alpha value is -3.64. The second-order valence-corrected chi connectivity index (χ2v) is 16.0. The molecule has 7 atom stereocenters. The number of thiazole rings is 1. The van der Waals surface area contributed by atoms with Gasteiger partial charge in [0.15, 0.2) is 11.9 Å². The molecule has 2 heterocycles. The summed E-state index contributed by atoms with van der Waals surface area (Å²) in [4.78, 5) is 73.8.